The van der Waals surface area contributed by atoms with Crippen LogP contribution in [0.4, 0.5) is 0 Å². The molecule has 3 unspecified atom stereocenters. The van der Waals surface area contributed by atoms with Crippen LogP contribution in [0, 0.1) is 5.41 Å². The Labute approximate surface area is 180 Å². The Balaban J connectivity index is 1.60. The van der Waals surface area contributed by atoms with E-state index in [4.69, 9.17) is 5.41 Å². The van der Waals surface area contributed by atoms with Gasteiger partial charge in [-0.1, -0.05) is 66.7 Å². The molecule has 1 fully saturated rings. The highest BCUT2D eigenvalue weighted by Gasteiger charge is 2.36. The second-order valence-corrected chi connectivity index (χ2v) is 9.12. The van der Waals surface area contributed by atoms with Crippen molar-refractivity contribution in [1.82, 2.24) is 4.90 Å². The Kier molecular flexibility index (Phi) is 5.04. The molecule has 0 spiro atoms. The standard InChI is InChI=1S/C28H30N2/c1-30(2)21-14-15-26(28(17-21)23-11-6-4-9-20(23)18-29)25-13-7-12-24-22-10-5-3-8-19(22)16-27(24)25/h3-13,18,21,26,28-29H,14-17H2,1-2H3. The zero-order valence-electron chi connectivity index (χ0n) is 17.9. The van der Waals surface area contributed by atoms with Gasteiger partial charge in [0, 0.05) is 12.3 Å². The van der Waals surface area contributed by atoms with Gasteiger partial charge in [0.15, 0.2) is 0 Å². The monoisotopic (exact) mass is 394 g/mol. The van der Waals surface area contributed by atoms with E-state index >= 15 is 0 Å². The van der Waals surface area contributed by atoms with Gasteiger partial charge in [-0.3, -0.25) is 0 Å². The average molecular weight is 395 g/mol. The molecule has 2 heteroatoms. The van der Waals surface area contributed by atoms with Crippen molar-refractivity contribution in [3.63, 3.8) is 0 Å². The molecule has 0 aliphatic heterocycles. The van der Waals surface area contributed by atoms with E-state index in [1.165, 1.54) is 52.4 Å². The largest absolute Gasteiger partial charge is 0.308 e. The van der Waals surface area contributed by atoms with E-state index in [0.29, 0.717) is 17.9 Å². The average Bonchev–Trinajstić information content (AvgIpc) is 3.17. The molecule has 30 heavy (non-hydrogen) atoms. The fourth-order valence-corrected chi connectivity index (χ4v) is 5.84. The minimum atomic E-state index is 0.444. The third kappa shape index (κ3) is 3.20. The maximum absolute atomic E-state index is 7.98. The van der Waals surface area contributed by atoms with Gasteiger partial charge in [-0.2, -0.15) is 0 Å². The van der Waals surface area contributed by atoms with Gasteiger partial charge in [-0.15, -0.1) is 0 Å². The maximum atomic E-state index is 7.98. The summed E-state index contributed by atoms with van der Waals surface area (Å²) in [7, 11) is 4.42. The summed E-state index contributed by atoms with van der Waals surface area (Å²) in [5.41, 5.74) is 9.78. The minimum absolute atomic E-state index is 0.444. The second kappa shape index (κ2) is 7.85. The lowest BCUT2D eigenvalue weighted by Gasteiger charge is -2.40. The van der Waals surface area contributed by atoms with Crippen molar-refractivity contribution < 1.29 is 0 Å². The highest BCUT2D eigenvalue weighted by Crippen LogP contribution is 2.49. The maximum Gasteiger partial charge on any atom is 0.0253 e. The summed E-state index contributed by atoms with van der Waals surface area (Å²) in [5, 5.41) is 7.98. The lowest BCUT2D eigenvalue weighted by atomic mass is 9.68. The second-order valence-electron chi connectivity index (χ2n) is 9.12. The Morgan fingerprint density at radius 2 is 1.53 bits per heavy atom. The van der Waals surface area contributed by atoms with Crippen molar-refractivity contribution in [3.05, 3.63) is 94.5 Å². The van der Waals surface area contributed by atoms with Crippen LogP contribution in [0.5, 0.6) is 0 Å². The normalized spacial score (nSPS) is 22.6. The Bertz CT molecular complexity index is 1080. The van der Waals surface area contributed by atoms with Gasteiger partial charge in [0.1, 0.15) is 0 Å². The summed E-state index contributed by atoms with van der Waals surface area (Å²) in [6, 6.07) is 25.0. The smallest absolute Gasteiger partial charge is 0.0253 e. The quantitative estimate of drug-likeness (QED) is 0.408. The SMILES string of the molecule is CN(C)C1CCC(c2cccc3c2Cc2ccccc2-3)C(c2ccccc2C=N)C1. The van der Waals surface area contributed by atoms with Gasteiger partial charge in [-0.25, -0.2) is 0 Å². The molecule has 2 aliphatic carbocycles. The first-order chi connectivity index (χ1) is 14.7. The third-order valence-electron chi connectivity index (χ3n) is 7.39. The van der Waals surface area contributed by atoms with Crippen LogP contribution in [0.3, 0.4) is 0 Å². The van der Waals surface area contributed by atoms with Gasteiger partial charge >= 0.3 is 0 Å². The number of benzene rings is 3. The summed E-state index contributed by atoms with van der Waals surface area (Å²) in [6.07, 6.45) is 6.18. The van der Waals surface area contributed by atoms with Gasteiger partial charge in [0.25, 0.3) is 0 Å². The molecule has 0 radical (unpaired) electrons. The van der Waals surface area contributed by atoms with E-state index < -0.39 is 0 Å². The lowest BCUT2D eigenvalue weighted by molar-refractivity contribution is 0.197. The Morgan fingerprint density at radius 1 is 0.800 bits per heavy atom. The van der Waals surface area contributed by atoms with E-state index in [9.17, 15) is 0 Å². The first kappa shape index (κ1) is 19.3. The van der Waals surface area contributed by atoms with Gasteiger partial charge in [0.05, 0.1) is 0 Å². The molecule has 2 nitrogen and oxygen atoms in total. The molecule has 152 valence electrons. The molecule has 2 aliphatic rings. The van der Waals surface area contributed by atoms with Crippen LogP contribution in [0.1, 0.15) is 58.9 Å². The molecule has 0 saturated heterocycles. The molecule has 0 aromatic heterocycles. The number of fused-ring (bicyclic) bond motifs is 3. The summed E-state index contributed by atoms with van der Waals surface area (Å²) >= 11 is 0. The van der Waals surface area contributed by atoms with E-state index in [2.05, 4.69) is 85.7 Å². The van der Waals surface area contributed by atoms with Gasteiger partial charge < -0.3 is 10.3 Å². The van der Waals surface area contributed by atoms with Crippen LogP contribution in [-0.2, 0) is 6.42 Å². The first-order valence-corrected chi connectivity index (χ1v) is 11.1. The van der Waals surface area contributed by atoms with Crippen LogP contribution >= 0.6 is 0 Å². The number of rotatable bonds is 4. The van der Waals surface area contributed by atoms with Crippen LogP contribution in [0.25, 0.3) is 11.1 Å². The zero-order chi connectivity index (χ0) is 20.7. The fourth-order valence-electron chi connectivity index (χ4n) is 5.84. The molecule has 1 saturated carbocycles. The molecule has 5 rings (SSSR count). The highest BCUT2D eigenvalue weighted by atomic mass is 15.1. The summed E-state index contributed by atoms with van der Waals surface area (Å²) in [4.78, 5) is 2.39. The van der Waals surface area contributed by atoms with Crippen molar-refractivity contribution in [3.8, 4) is 11.1 Å². The molecule has 3 atom stereocenters. The molecule has 0 heterocycles. The van der Waals surface area contributed by atoms with Crippen molar-refractivity contribution in [2.24, 2.45) is 0 Å². The Morgan fingerprint density at radius 3 is 2.37 bits per heavy atom. The lowest BCUT2D eigenvalue weighted by Crippen LogP contribution is -2.35. The predicted octanol–water partition coefficient (Wildman–Crippen LogP) is 6.24. The van der Waals surface area contributed by atoms with E-state index in [-0.39, 0.29) is 0 Å². The van der Waals surface area contributed by atoms with Gasteiger partial charge in [0.2, 0.25) is 0 Å². The van der Waals surface area contributed by atoms with Crippen molar-refractivity contribution in [2.45, 2.75) is 43.6 Å². The Hall–Kier alpha value is -2.71. The number of hydrogen-bond donors (Lipinski definition) is 1. The topological polar surface area (TPSA) is 27.1 Å². The van der Waals surface area contributed by atoms with E-state index in [1.807, 2.05) is 0 Å². The molecule has 3 aromatic carbocycles. The number of hydrogen-bond acceptors (Lipinski definition) is 2. The fraction of sp³-hybridized carbons (Fsp3) is 0.321. The number of nitrogens with one attached hydrogen (secondary N) is 1. The van der Waals surface area contributed by atoms with Crippen LogP contribution in [0.2, 0.25) is 0 Å². The van der Waals surface area contributed by atoms with Crippen LogP contribution < -0.4 is 0 Å². The van der Waals surface area contributed by atoms with Crippen molar-refractivity contribution in [2.75, 3.05) is 14.1 Å². The summed E-state index contributed by atoms with van der Waals surface area (Å²) < 4.78 is 0. The predicted molar refractivity (Wildman–Crippen MR) is 126 cm³/mol. The summed E-state index contributed by atoms with van der Waals surface area (Å²) in [5.74, 6) is 0.950. The third-order valence-corrected chi connectivity index (χ3v) is 7.39. The van der Waals surface area contributed by atoms with Crippen LogP contribution in [-0.4, -0.2) is 31.3 Å². The van der Waals surface area contributed by atoms with E-state index in [0.717, 1.165) is 18.4 Å². The van der Waals surface area contributed by atoms with Gasteiger partial charge in [-0.05, 0) is 90.6 Å². The summed E-state index contributed by atoms with van der Waals surface area (Å²) in [6.45, 7) is 0. The van der Waals surface area contributed by atoms with Crippen LogP contribution in [0.15, 0.2) is 66.7 Å². The minimum Gasteiger partial charge on any atom is -0.308 e. The van der Waals surface area contributed by atoms with Crippen molar-refractivity contribution in [1.29, 1.82) is 5.41 Å². The molecular formula is C28H30N2. The molecule has 1 N–H and O–H groups in total. The highest BCUT2D eigenvalue weighted by molar-refractivity contribution is 5.80. The molecule has 0 amide bonds. The number of nitrogens with zero attached hydrogens (tertiary/aromatic N) is 1. The first-order valence-electron chi connectivity index (χ1n) is 11.1. The van der Waals surface area contributed by atoms with E-state index in [1.54, 1.807) is 0 Å². The zero-order valence-corrected chi connectivity index (χ0v) is 17.9. The molecule has 3 aromatic rings. The molecular weight excluding hydrogens is 364 g/mol. The molecule has 0 bridgehead atoms. The van der Waals surface area contributed by atoms with Crippen molar-refractivity contribution >= 4 is 6.21 Å².